The lowest BCUT2D eigenvalue weighted by Crippen LogP contribution is -2.54. The number of carbonyl (C=O) groups is 1. The van der Waals surface area contributed by atoms with E-state index >= 15 is 0 Å². The number of nitriles is 1. The fourth-order valence-corrected chi connectivity index (χ4v) is 7.87. The summed E-state index contributed by atoms with van der Waals surface area (Å²) in [7, 11) is 0. The molecule has 0 radical (unpaired) electrons. The summed E-state index contributed by atoms with van der Waals surface area (Å²) in [5.74, 6) is 2.41. The van der Waals surface area contributed by atoms with Crippen molar-refractivity contribution in [2.45, 2.75) is 96.6 Å². The summed E-state index contributed by atoms with van der Waals surface area (Å²) < 4.78 is 0. The Kier molecular flexibility index (Phi) is 6.25. The summed E-state index contributed by atoms with van der Waals surface area (Å²) in [4.78, 5) is 13.0. The van der Waals surface area contributed by atoms with Gasteiger partial charge in [0.25, 0.3) is 5.91 Å². The predicted molar refractivity (Wildman–Crippen MR) is 131 cm³/mol. The van der Waals surface area contributed by atoms with Crippen molar-refractivity contribution < 1.29 is 4.79 Å². The third kappa shape index (κ3) is 4.44. The highest BCUT2D eigenvalue weighted by atomic mass is 16.1. The predicted octanol–water partition coefficient (Wildman–Crippen LogP) is 5.73. The van der Waals surface area contributed by atoms with Gasteiger partial charge in [0.15, 0.2) is 0 Å². The highest BCUT2D eigenvalue weighted by molar-refractivity contribution is 5.97. The Morgan fingerprint density at radius 3 is 2.36 bits per heavy atom. The normalized spacial score (nSPS) is 31.9. The van der Waals surface area contributed by atoms with Crippen molar-refractivity contribution in [1.29, 1.82) is 5.26 Å². The van der Waals surface area contributed by atoms with Gasteiger partial charge in [0, 0.05) is 12.2 Å². The van der Waals surface area contributed by atoms with Crippen LogP contribution in [0, 0.1) is 34.5 Å². The topological polar surface area (TPSA) is 64.9 Å². The van der Waals surface area contributed by atoms with Gasteiger partial charge in [0.1, 0.15) is 11.6 Å². The highest BCUT2D eigenvalue weighted by Crippen LogP contribution is 2.61. The van der Waals surface area contributed by atoms with E-state index in [2.05, 4.69) is 48.7 Å². The van der Waals surface area contributed by atoms with Crippen LogP contribution in [-0.2, 0) is 17.6 Å². The van der Waals surface area contributed by atoms with Crippen molar-refractivity contribution in [3.05, 3.63) is 46.7 Å². The maximum atomic E-state index is 13.0. The molecule has 4 bridgehead atoms. The van der Waals surface area contributed by atoms with Gasteiger partial charge < -0.3 is 10.6 Å². The monoisotopic (exact) mass is 445 g/mol. The Bertz CT molecular complexity index is 936. The first-order chi connectivity index (χ1) is 16.0. The molecule has 5 aliphatic rings. The average Bonchev–Trinajstić information content (AvgIpc) is 2.81. The number of aryl methyl sites for hydroxylation is 2. The van der Waals surface area contributed by atoms with E-state index in [0.717, 1.165) is 42.6 Å². The number of carbonyl (C=O) groups excluding carboxylic acids is 1. The van der Waals surface area contributed by atoms with Crippen LogP contribution in [0.2, 0.25) is 0 Å². The molecule has 2 unspecified atom stereocenters. The third-order valence-electron chi connectivity index (χ3n) is 9.34. The lowest BCUT2D eigenvalue weighted by Gasteiger charge is -2.59. The number of rotatable bonds is 7. The van der Waals surface area contributed by atoms with Gasteiger partial charge in [-0.05, 0) is 117 Å². The van der Waals surface area contributed by atoms with Crippen molar-refractivity contribution in [2.24, 2.45) is 23.2 Å². The van der Waals surface area contributed by atoms with Crippen LogP contribution >= 0.6 is 0 Å². The maximum Gasteiger partial charge on any atom is 0.263 e. The van der Waals surface area contributed by atoms with E-state index in [1.54, 1.807) is 6.20 Å². The van der Waals surface area contributed by atoms with Crippen LogP contribution < -0.4 is 10.6 Å². The number of fused-ring (bicyclic) bond motifs is 1. The molecular weight excluding hydrogens is 406 g/mol. The van der Waals surface area contributed by atoms with Crippen molar-refractivity contribution in [3.63, 3.8) is 0 Å². The lowest BCUT2D eigenvalue weighted by molar-refractivity contribution is -0.117. The molecule has 4 saturated carbocycles. The van der Waals surface area contributed by atoms with E-state index in [1.807, 2.05) is 0 Å². The Morgan fingerprint density at radius 2 is 1.76 bits per heavy atom. The SMILES string of the molecule is CCC(NC(=O)/C(C#N)=C\NC(C)C12CC3CC(CC(C3)C1)C2)c1ccc2c(c1)CCCC2. The molecule has 0 aromatic heterocycles. The second-order valence-corrected chi connectivity index (χ2v) is 11.5. The van der Waals surface area contributed by atoms with Crippen LogP contribution in [0.4, 0.5) is 0 Å². The minimum atomic E-state index is -0.271. The summed E-state index contributed by atoms with van der Waals surface area (Å²) in [6, 6.07) is 9.03. The molecule has 1 amide bonds. The number of hydrogen-bond donors (Lipinski definition) is 2. The molecule has 33 heavy (non-hydrogen) atoms. The lowest BCUT2D eigenvalue weighted by atomic mass is 9.48. The molecule has 1 aromatic carbocycles. The smallest absolute Gasteiger partial charge is 0.263 e. The quantitative estimate of drug-likeness (QED) is 0.416. The molecule has 176 valence electrons. The van der Waals surface area contributed by atoms with E-state index in [9.17, 15) is 10.1 Å². The Labute approximate surface area is 199 Å². The molecule has 0 aliphatic heterocycles. The van der Waals surface area contributed by atoms with E-state index in [0.29, 0.717) is 11.5 Å². The Morgan fingerprint density at radius 1 is 1.12 bits per heavy atom. The molecule has 4 heteroatoms. The van der Waals surface area contributed by atoms with Crippen molar-refractivity contribution in [1.82, 2.24) is 10.6 Å². The summed E-state index contributed by atoms with van der Waals surface area (Å²) in [5.41, 5.74) is 4.55. The van der Waals surface area contributed by atoms with E-state index in [4.69, 9.17) is 0 Å². The van der Waals surface area contributed by atoms with E-state index in [-0.39, 0.29) is 17.5 Å². The fraction of sp³-hybridized carbons (Fsp3) is 0.655. The molecule has 4 nitrogen and oxygen atoms in total. The number of amides is 1. The van der Waals surface area contributed by atoms with Gasteiger partial charge in [-0.25, -0.2) is 0 Å². The number of hydrogen-bond acceptors (Lipinski definition) is 3. The molecule has 2 atom stereocenters. The third-order valence-corrected chi connectivity index (χ3v) is 9.34. The Balaban J connectivity index is 1.25. The first kappa shape index (κ1) is 22.5. The zero-order valence-corrected chi connectivity index (χ0v) is 20.3. The molecule has 6 rings (SSSR count). The van der Waals surface area contributed by atoms with Crippen LogP contribution in [0.25, 0.3) is 0 Å². The molecule has 0 heterocycles. The van der Waals surface area contributed by atoms with Gasteiger partial charge in [0.2, 0.25) is 0 Å². The number of benzene rings is 1. The zero-order chi connectivity index (χ0) is 23.0. The second kappa shape index (κ2) is 9.16. The van der Waals surface area contributed by atoms with Crippen LogP contribution in [0.1, 0.15) is 94.4 Å². The van der Waals surface area contributed by atoms with Gasteiger partial charge >= 0.3 is 0 Å². The van der Waals surface area contributed by atoms with Crippen LogP contribution in [0.3, 0.4) is 0 Å². The molecule has 2 N–H and O–H groups in total. The van der Waals surface area contributed by atoms with Crippen molar-refractivity contribution >= 4 is 5.91 Å². The molecule has 0 spiro atoms. The summed E-state index contributed by atoms with van der Waals surface area (Å²) >= 11 is 0. The maximum absolute atomic E-state index is 13.0. The minimum absolute atomic E-state index is 0.0675. The molecule has 5 aliphatic carbocycles. The fourth-order valence-electron chi connectivity index (χ4n) is 7.87. The van der Waals surface area contributed by atoms with Crippen molar-refractivity contribution in [2.75, 3.05) is 0 Å². The molecule has 1 aromatic rings. The molecule has 4 fully saturated rings. The first-order valence-electron chi connectivity index (χ1n) is 13.3. The average molecular weight is 446 g/mol. The van der Waals surface area contributed by atoms with Gasteiger partial charge in [-0.1, -0.05) is 25.1 Å². The Hall–Kier alpha value is -2.28. The van der Waals surface area contributed by atoms with Gasteiger partial charge in [-0.2, -0.15) is 5.26 Å². The summed E-state index contributed by atoms with van der Waals surface area (Å²) in [5, 5.41) is 16.4. The zero-order valence-electron chi connectivity index (χ0n) is 20.3. The second-order valence-electron chi connectivity index (χ2n) is 11.5. The highest BCUT2D eigenvalue weighted by Gasteiger charge is 2.53. The van der Waals surface area contributed by atoms with E-state index < -0.39 is 0 Å². The van der Waals surface area contributed by atoms with Crippen LogP contribution in [-0.4, -0.2) is 11.9 Å². The standard InChI is InChI=1S/C29H39N3O/c1-3-27(25-9-8-23-6-4-5-7-24(23)13-25)32-28(33)26(17-30)18-31-19(2)29-14-20-10-21(15-29)12-22(11-20)16-29/h8-9,13,18-22,27,31H,3-7,10-12,14-16H2,1-2H3,(H,32,33)/b26-18-. The van der Waals surface area contributed by atoms with Gasteiger partial charge in [-0.15, -0.1) is 0 Å². The number of nitrogens with one attached hydrogen (secondary N) is 2. The van der Waals surface area contributed by atoms with Gasteiger partial charge in [-0.3, -0.25) is 4.79 Å². The summed E-state index contributed by atoms with van der Waals surface area (Å²) in [6.45, 7) is 4.35. The summed E-state index contributed by atoms with van der Waals surface area (Å²) in [6.07, 6.45) is 15.5. The van der Waals surface area contributed by atoms with Crippen molar-refractivity contribution in [3.8, 4) is 6.07 Å². The van der Waals surface area contributed by atoms with E-state index in [1.165, 1.54) is 62.5 Å². The first-order valence-corrected chi connectivity index (χ1v) is 13.3. The number of nitrogens with zero attached hydrogens (tertiary/aromatic N) is 1. The van der Waals surface area contributed by atoms with Gasteiger partial charge in [0.05, 0.1) is 6.04 Å². The van der Waals surface area contributed by atoms with Crippen LogP contribution in [0.5, 0.6) is 0 Å². The molecular formula is C29H39N3O. The minimum Gasteiger partial charge on any atom is -0.387 e. The largest absolute Gasteiger partial charge is 0.387 e. The van der Waals surface area contributed by atoms with Crippen LogP contribution in [0.15, 0.2) is 30.0 Å². The molecule has 0 saturated heterocycles.